The van der Waals surface area contributed by atoms with Crippen LogP contribution < -0.4 is 0 Å². The Labute approximate surface area is 89.7 Å². The normalized spacial score (nSPS) is 20.2. The van der Waals surface area contributed by atoms with Gasteiger partial charge in [-0.2, -0.15) is 0 Å². The van der Waals surface area contributed by atoms with Crippen molar-refractivity contribution in [2.75, 3.05) is 6.61 Å². The largest absolute Gasteiger partial charge is 0.376 e. The van der Waals surface area contributed by atoms with Crippen LogP contribution in [0.15, 0.2) is 36.4 Å². The minimum atomic E-state index is 0.514. The molecule has 0 saturated carbocycles. The second kappa shape index (κ2) is 3.35. The van der Waals surface area contributed by atoms with Crippen molar-refractivity contribution in [3.8, 4) is 0 Å². The fraction of sp³-hybridized carbons (Fsp3) is 0.286. The first kappa shape index (κ1) is 8.93. The maximum atomic E-state index is 5.56. The smallest absolute Gasteiger partial charge is 0.0720 e. The molecular weight excluding hydrogens is 184 g/mol. The summed E-state index contributed by atoms with van der Waals surface area (Å²) in [7, 11) is 0. The molecular formula is C14H14O. The molecule has 15 heavy (non-hydrogen) atoms. The van der Waals surface area contributed by atoms with E-state index in [4.69, 9.17) is 4.74 Å². The number of benzene rings is 2. The molecule has 1 atom stereocenters. The van der Waals surface area contributed by atoms with Crippen LogP contribution in [0.3, 0.4) is 0 Å². The third-order valence-corrected chi connectivity index (χ3v) is 3.18. The van der Waals surface area contributed by atoms with E-state index in [1.165, 1.54) is 21.9 Å². The third kappa shape index (κ3) is 1.35. The Bertz CT molecular complexity index is 502. The van der Waals surface area contributed by atoms with Crippen LogP contribution in [0.2, 0.25) is 0 Å². The van der Waals surface area contributed by atoms with Crippen molar-refractivity contribution in [1.82, 2.24) is 0 Å². The van der Waals surface area contributed by atoms with Crippen molar-refractivity contribution in [3.05, 3.63) is 47.5 Å². The van der Waals surface area contributed by atoms with Crippen molar-refractivity contribution in [3.63, 3.8) is 0 Å². The molecule has 3 rings (SSSR count). The van der Waals surface area contributed by atoms with Gasteiger partial charge in [-0.1, -0.05) is 43.3 Å². The van der Waals surface area contributed by atoms with Crippen molar-refractivity contribution >= 4 is 10.8 Å². The maximum absolute atomic E-state index is 5.56. The van der Waals surface area contributed by atoms with Crippen LogP contribution in [-0.4, -0.2) is 6.61 Å². The van der Waals surface area contributed by atoms with E-state index < -0.39 is 0 Å². The van der Waals surface area contributed by atoms with E-state index in [0.29, 0.717) is 5.92 Å². The van der Waals surface area contributed by atoms with Gasteiger partial charge in [-0.15, -0.1) is 0 Å². The minimum Gasteiger partial charge on any atom is -0.376 e. The van der Waals surface area contributed by atoms with Crippen LogP contribution in [0, 0.1) is 0 Å². The van der Waals surface area contributed by atoms with Gasteiger partial charge in [-0.25, -0.2) is 0 Å². The lowest BCUT2D eigenvalue weighted by molar-refractivity contribution is 0.0957. The summed E-state index contributed by atoms with van der Waals surface area (Å²) in [6.45, 7) is 3.86. The molecule has 0 aliphatic carbocycles. The predicted octanol–water partition coefficient (Wildman–Crippen LogP) is 3.47. The molecule has 2 aromatic carbocycles. The monoisotopic (exact) mass is 198 g/mol. The van der Waals surface area contributed by atoms with E-state index in [-0.39, 0.29) is 0 Å². The zero-order valence-electron chi connectivity index (χ0n) is 8.86. The van der Waals surface area contributed by atoms with Gasteiger partial charge in [0.1, 0.15) is 0 Å². The molecule has 0 fully saturated rings. The number of hydrogen-bond donors (Lipinski definition) is 0. The Hall–Kier alpha value is -1.34. The summed E-state index contributed by atoms with van der Waals surface area (Å²) in [5.74, 6) is 0.514. The van der Waals surface area contributed by atoms with Gasteiger partial charge in [-0.05, 0) is 21.9 Å². The van der Waals surface area contributed by atoms with E-state index in [1.807, 2.05) is 0 Å². The van der Waals surface area contributed by atoms with Crippen molar-refractivity contribution < 1.29 is 4.74 Å². The van der Waals surface area contributed by atoms with Crippen LogP contribution in [0.25, 0.3) is 10.8 Å². The topological polar surface area (TPSA) is 9.23 Å². The standard InChI is InChI=1S/C14H14O/c1-10-8-15-9-12-7-6-11-4-2-3-5-13(11)14(10)12/h2-7,10H,8-9H2,1H3. The SMILES string of the molecule is CC1COCc2ccc3ccccc3c21. The summed E-state index contributed by atoms with van der Waals surface area (Å²) >= 11 is 0. The second-order valence-corrected chi connectivity index (χ2v) is 4.28. The number of hydrogen-bond acceptors (Lipinski definition) is 1. The third-order valence-electron chi connectivity index (χ3n) is 3.18. The summed E-state index contributed by atoms with van der Waals surface area (Å²) in [6, 6.07) is 13.0. The molecule has 1 heterocycles. The quantitative estimate of drug-likeness (QED) is 0.629. The second-order valence-electron chi connectivity index (χ2n) is 4.28. The maximum Gasteiger partial charge on any atom is 0.0720 e. The van der Waals surface area contributed by atoms with Gasteiger partial charge < -0.3 is 4.74 Å². The van der Waals surface area contributed by atoms with Crippen LogP contribution >= 0.6 is 0 Å². The van der Waals surface area contributed by atoms with Crippen LogP contribution in [-0.2, 0) is 11.3 Å². The molecule has 1 heteroatoms. The van der Waals surface area contributed by atoms with E-state index in [1.54, 1.807) is 0 Å². The highest BCUT2D eigenvalue weighted by atomic mass is 16.5. The van der Waals surface area contributed by atoms with E-state index >= 15 is 0 Å². The van der Waals surface area contributed by atoms with Gasteiger partial charge in [-0.3, -0.25) is 0 Å². The first-order chi connectivity index (χ1) is 7.36. The van der Waals surface area contributed by atoms with E-state index in [0.717, 1.165) is 13.2 Å². The molecule has 0 saturated heterocycles. The molecule has 1 unspecified atom stereocenters. The van der Waals surface area contributed by atoms with Gasteiger partial charge in [0.25, 0.3) is 0 Å². The molecule has 76 valence electrons. The Morgan fingerprint density at radius 2 is 2.00 bits per heavy atom. The van der Waals surface area contributed by atoms with Gasteiger partial charge in [0.2, 0.25) is 0 Å². The molecule has 2 aromatic rings. The lowest BCUT2D eigenvalue weighted by Gasteiger charge is -2.24. The Kier molecular flexibility index (Phi) is 2.00. The average molecular weight is 198 g/mol. The zero-order valence-corrected chi connectivity index (χ0v) is 8.86. The van der Waals surface area contributed by atoms with Crippen LogP contribution in [0.5, 0.6) is 0 Å². The molecule has 0 amide bonds. The highest BCUT2D eigenvalue weighted by Crippen LogP contribution is 2.32. The number of fused-ring (bicyclic) bond motifs is 3. The van der Waals surface area contributed by atoms with Crippen LogP contribution in [0.4, 0.5) is 0 Å². The summed E-state index contributed by atoms with van der Waals surface area (Å²) in [5.41, 5.74) is 2.84. The summed E-state index contributed by atoms with van der Waals surface area (Å²) < 4.78 is 5.56. The molecule has 1 aliphatic heterocycles. The van der Waals surface area contributed by atoms with Crippen molar-refractivity contribution in [2.24, 2.45) is 0 Å². The first-order valence-corrected chi connectivity index (χ1v) is 5.44. The molecule has 0 bridgehead atoms. The number of rotatable bonds is 0. The van der Waals surface area contributed by atoms with Crippen LogP contribution in [0.1, 0.15) is 24.0 Å². The summed E-state index contributed by atoms with van der Waals surface area (Å²) in [5, 5.41) is 2.73. The first-order valence-electron chi connectivity index (χ1n) is 5.44. The van der Waals surface area contributed by atoms with Crippen molar-refractivity contribution in [1.29, 1.82) is 0 Å². The molecule has 1 nitrogen and oxygen atoms in total. The van der Waals surface area contributed by atoms with Gasteiger partial charge in [0.15, 0.2) is 0 Å². The Morgan fingerprint density at radius 1 is 1.13 bits per heavy atom. The molecule has 0 radical (unpaired) electrons. The predicted molar refractivity (Wildman–Crippen MR) is 62.0 cm³/mol. The summed E-state index contributed by atoms with van der Waals surface area (Å²) in [4.78, 5) is 0. The molecule has 0 aromatic heterocycles. The highest BCUT2D eigenvalue weighted by Gasteiger charge is 2.18. The van der Waals surface area contributed by atoms with Gasteiger partial charge >= 0.3 is 0 Å². The van der Waals surface area contributed by atoms with E-state index in [2.05, 4.69) is 43.3 Å². The molecule has 0 N–H and O–H groups in total. The number of ether oxygens (including phenoxy) is 1. The fourth-order valence-electron chi connectivity index (χ4n) is 2.48. The average Bonchev–Trinajstić information content (AvgIpc) is 2.29. The zero-order chi connectivity index (χ0) is 10.3. The Morgan fingerprint density at radius 3 is 2.93 bits per heavy atom. The summed E-state index contributed by atoms with van der Waals surface area (Å²) in [6.07, 6.45) is 0. The minimum absolute atomic E-state index is 0.514. The molecule has 1 aliphatic rings. The van der Waals surface area contributed by atoms with E-state index in [9.17, 15) is 0 Å². The van der Waals surface area contributed by atoms with Gasteiger partial charge in [0.05, 0.1) is 13.2 Å². The van der Waals surface area contributed by atoms with Crippen molar-refractivity contribution in [2.45, 2.75) is 19.4 Å². The lowest BCUT2D eigenvalue weighted by Crippen LogP contribution is -2.14. The lowest BCUT2D eigenvalue weighted by atomic mass is 9.89. The molecule has 0 spiro atoms. The fourth-order valence-corrected chi connectivity index (χ4v) is 2.48. The van der Waals surface area contributed by atoms with Gasteiger partial charge in [0, 0.05) is 5.92 Å². The Balaban J connectivity index is 2.35. The highest BCUT2D eigenvalue weighted by molar-refractivity contribution is 5.87.